The van der Waals surface area contributed by atoms with Crippen molar-refractivity contribution < 1.29 is 14.5 Å². The van der Waals surface area contributed by atoms with Crippen LogP contribution in [0.2, 0.25) is 0 Å². The van der Waals surface area contributed by atoms with Gasteiger partial charge in [0.2, 0.25) is 0 Å². The van der Waals surface area contributed by atoms with Gasteiger partial charge in [0.1, 0.15) is 0 Å². The Bertz CT molecular complexity index is 849. The van der Waals surface area contributed by atoms with E-state index in [-0.39, 0.29) is 5.69 Å². The zero-order chi connectivity index (χ0) is 20.6. The zero-order valence-electron chi connectivity index (χ0n) is 15.9. The van der Waals surface area contributed by atoms with Crippen LogP contribution in [0.4, 0.5) is 17.1 Å². The molecule has 2 amide bonds. The van der Waals surface area contributed by atoms with Crippen LogP contribution in [-0.2, 0) is 9.59 Å². The van der Waals surface area contributed by atoms with E-state index in [2.05, 4.69) is 32.6 Å². The summed E-state index contributed by atoms with van der Waals surface area (Å²) in [6.07, 6.45) is 0. The number of rotatable bonds is 6. The Morgan fingerprint density at radius 3 is 2.21 bits per heavy atom. The van der Waals surface area contributed by atoms with Crippen molar-refractivity contribution in [1.29, 1.82) is 0 Å². The first-order valence-corrected chi connectivity index (χ1v) is 9.39. The van der Waals surface area contributed by atoms with Crippen molar-refractivity contribution in [3.05, 3.63) is 64.7 Å². The highest BCUT2D eigenvalue weighted by Gasteiger charge is 2.18. The van der Waals surface area contributed by atoms with Gasteiger partial charge in [0.05, 0.1) is 4.92 Å². The number of nitro groups is 1. The molecule has 2 N–H and O–H groups in total. The maximum absolute atomic E-state index is 11.9. The van der Waals surface area contributed by atoms with Gasteiger partial charge in [-0.25, -0.2) is 0 Å². The van der Waals surface area contributed by atoms with Crippen molar-refractivity contribution in [2.45, 2.75) is 0 Å². The highest BCUT2D eigenvalue weighted by atomic mass is 16.6. The van der Waals surface area contributed by atoms with Crippen LogP contribution in [-0.4, -0.2) is 60.9 Å². The Morgan fingerprint density at radius 1 is 0.931 bits per heavy atom. The first-order chi connectivity index (χ1) is 14.0. The molecule has 29 heavy (non-hydrogen) atoms. The van der Waals surface area contributed by atoms with Crippen molar-refractivity contribution in [2.75, 3.05) is 49.5 Å². The average molecular weight is 397 g/mol. The lowest BCUT2D eigenvalue weighted by Gasteiger charge is -2.36. The largest absolute Gasteiger partial charge is 0.369 e. The Kier molecular flexibility index (Phi) is 6.75. The summed E-state index contributed by atoms with van der Waals surface area (Å²) in [4.78, 5) is 38.5. The number of non-ortho nitro benzene ring substituents is 1. The highest BCUT2D eigenvalue weighted by Crippen LogP contribution is 2.16. The van der Waals surface area contributed by atoms with Gasteiger partial charge in [0.25, 0.3) is 5.69 Å². The number of para-hydroxylation sites is 1. The fourth-order valence-electron chi connectivity index (χ4n) is 3.13. The number of anilines is 2. The number of amides is 2. The number of carbonyl (C=O) groups excluding carboxylic acids is 2. The summed E-state index contributed by atoms with van der Waals surface area (Å²) in [7, 11) is 0. The number of hydrogen-bond acceptors (Lipinski definition) is 6. The number of nitrogens with one attached hydrogen (secondary N) is 2. The molecule has 152 valence electrons. The molecule has 0 atom stereocenters. The van der Waals surface area contributed by atoms with Gasteiger partial charge in [0.15, 0.2) is 0 Å². The third-order valence-electron chi connectivity index (χ3n) is 4.75. The summed E-state index contributed by atoms with van der Waals surface area (Å²) in [5, 5.41) is 15.7. The maximum Gasteiger partial charge on any atom is 0.313 e. The summed E-state index contributed by atoms with van der Waals surface area (Å²) in [6, 6.07) is 15.5. The second-order valence-electron chi connectivity index (χ2n) is 6.68. The molecule has 1 saturated heterocycles. The van der Waals surface area contributed by atoms with Gasteiger partial charge in [0, 0.05) is 62.8 Å². The lowest BCUT2D eigenvalue weighted by atomic mass is 10.2. The van der Waals surface area contributed by atoms with Crippen LogP contribution in [0.5, 0.6) is 0 Å². The van der Waals surface area contributed by atoms with E-state index in [1.54, 1.807) is 0 Å². The fraction of sp³-hybridized carbons (Fsp3) is 0.300. The summed E-state index contributed by atoms with van der Waals surface area (Å²) < 4.78 is 0. The number of benzene rings is 2. The quantitative estimate of drug-likeness (QED) is 0.434. The van der Waals surface area contributed by atoms with Crippen molar-refractivity contribution in [1.82, 2.24) is 10.2 Å². The van der Waals surface area contributed by atoms with Crippen molar-refractivity contribution >= 4 is 28.9 Å². The van der Waals surface area contributed by atoms with Crippen molar-refractivity contribution in [3.8, 4) is 0 Å². The molecule has 1 fully saturated rings. The summed E-state index contributed by atoms with van der Waals surface area (Å²) in [5.41, 5.74) is 1.45. The minimum atomic E-state index is -0.798. The molecule has 0 radical (unpaired) electrons. The SMILES string of the molecule is O=C(NCCN1CCN(c2ccccc2)CC1)C(=O)Nc1ccc([N+](=O)[O-])cc1. The first kappa shape index (κ1) is 20.3. The predicted octanol–water partition coefficient (Wildman–Crippen LogP) is 1.47. The van der Waals surface area contributed by atoms with Gasteiger partial charge >= 0.3 is 11.8 Å². The van der Waals surface area contributed by atoms with Crippen LogP contribution in [0.25, 0.3) is 0 Å². The van der Waals surface area contributed by atoms with Crippen LogP contribution in [0.1, 0.15) is 0 Å². The molecule has 2 aromatic carbocycles. The van der Waals surface area contributed by atoms with Gasteiger partial charge in [-0.1, -0.05) is 18.2 Å². The lowest BCUT2D eigenvalue weighted by Crippen LogP contribution is -2.49. The standard InChI is InChI=1S/C20H23N5O4/c26-19(20(27)22-16-6-8-18(9-7-16)25(28)29)21-10-11-23-12-14-24(15-13-23)17-4-2-1-3-5-17/h1-9H,10-15H2,(H,21,26)(H,22,27). The third kappa shape index (κ3) is 5.76. The van der Waals surface area contributed by atoms with Crippen molar-refractivity contribution in [2.24, 2.45) is 0 Å². The van der Waals surface area contributed by atoms with E-state index in [1.165, 1.54) is 30.0 Å². The molecule has 9 heteroatoms. The first-order valence-electron chi connectivity index (χ1n) is 9.39. The molecule has 2 aromatic rings. The molecule has 1 aliphatic rings. The fourth-order valence-corrected chi connectivity index (χ4v) is 3.13. The lowest BCUT2D eigenvalue weighted by molar-refractivity contribution is -0.384. The van der Waals surface area contributed by atoms with E-state index in [0.29, 0.717) is 18.8 Å². The molecule has 3 rings (SSSR count). The number of piperazine rings is 1. The smallest absolute Gasteiger partial charge is 0.313 e. The van der Waals surface area contributed by atoms with Crippen LogP contribution >= 0.6 is 0 Å². The predicted molar refractivity (Wildman–Crippen MR) is 110 cm³/mol. The number of nitro benzene ring substituents is 1. The molecule has 0 aromatic heterocycles. The van der Waals surface area contributed by atoms with Crippen LogP contribution in [0.15, 0.2) is 54.6 Å². The van der Waals surface area contributed by atoms with Crippen LogP contribution in [0, 0.1) is 10.1 Å². The monoisotopic (exact) mass is 397 g/mol. The Morgan fingerprint density at radius 2 is 1.59 bits per heavy atom. The minimum absolute atomic E-state index is 0.0835. The average Bonchev–Trinajstić information content (AvgIpc) is 2.75. The number of hydrogen-bond donors (Lipinski definition) is 2. The normalized spacial score (nSPS) is 14.3. The maximum atomic E-state index is 11.9. The van der Waals surface area contributed by atoms with E-state index >= 15 is 0 Å². The van der Waals surface area contributed by atoms with E-state index in [1.807, 2.05) is 18.2 Å². The van der Waals surface area contributed by atoms with E-state index in [0.717, 1.165) is 26.2 Å². The molecule has 9 nitrogen and oxygen atoms in total. The van der Waals surface area contributed by atoms with E-state index < -0.39 is 16.7 Å². The Labute approximate surface area is 168 Å². The molecule has 1 aliphatic heterocycles. The van der Waals surface area contributed by atoms with Gasteiger partial charge in [-0.3, -0.25) is 24.6 Å². The topological polar surface area (TPSA) is 108 Å². The second-order valence-corrected chi connectivity index (χ2v) is 6.68. The molecule has 0 saturated carbocycles. The summed E-state index contributed by atoms with van der Waals surface area (Å²) in [6.45, 7) is 4.65. The number of carbonyl (C=O) groups is 2. The van der Waals surface area contributed by atoms with Gasteiger partial charge < -0.3 is 15.5 Å². The molecule has 1 heterocycles. The van der Waals surface area contributed by atoms with Gasteiger partial charge in [-0.2, -0.15) is 0 Å². The third-order valence-corrected chi connectivity index (χ3v) is 4.75. The molecule has 0 bridgehead atoms. The minimum Gasteiger partial charge on any atom is -0.369 e. The number of nitrogens with zero attached hydrogens (tertiary/aromatic N) is 3. The Hall–Kier alpha value is -3.46. The highest BCUT2D eigenvalue weighted by molar-refractivity contribution is 6.39. The van der Waals surface area contributed by atoms with Crippen LogP contribution < -0.4 is 15.5 Å². The zero-order valence-corrected chi connectivity index (χ0v) is 15.9. The summed E-state index contributed by atoms with van der Waals surface area (Å²) in [5.74, 6) is -1.53. The molecule has 0 unspecified atom stereocenters. The summed E-state index contributed by atoms with van der Waals surface area (Å²) >= 11 is 0. The second kappa shape index (κ2) is 9.65. The van der Waals surface area contributed by atoms with E-state index in [9.17, 15) is 19.7 Å². The van der Waals surface area contributed by atoms with Crippen molar-refractivity contribution in [3.63, 3.8) is 0 Å². The molecular weight excluding hydrogens is 374 g/mol. The van der Waals surface area contributed by atoms with E-state index in [4.69, 9.17) is 0 Å². The molecular formula is C20H23N5O4. The van der Waals surface area contributed by atoms with Gasteiger partial charge in [-0.05, 0) is 24.3 Å². The molecule has 0 spiro atoms. The van der Waals surface area contributed by atoms with Crippen LogP contribution in [0.3, 0.4) is 0 Å². The Balaban J connectivity index is 1.36. The molecule has 0 aliphatic carbocycles. The van der Waals surface area contributed by atoms with Gasteiger partial charge in [-0.15, -0.1) is 0 Å².